The molecule has 1 aliphatic carbocycles. The fourth-order valence-electron chi connectivity index (χ4n) is 4.39. The highest BCUT2D eigenvalue weighted by Gasteiger charge is 2.49. The molecule has 2 heterocycles. The van der Waals surface area contributed by atoms with E-state index in [1.54, 1.807) is 6.07 Å². The maximum atomic E-state index is 14.3. The first-order chi connectivity index (χ1) is 10.7. The van der Waals surface area contributed by atoms with Crippen molar-refractivity contribution in [2.24, 2.45) is 5.92 Å². The summed E-state index contributed by atoms with van der Waals surface area (Å²) in [6, 6.07) is 5.19. The van der Waals surface area contributed by atoms with Gasteiger partial charge in [0.2, 0.25) is 5.91 Å². The molecule has 1 unspecified atom stereocenters. The molecule has 3 nitrogen and oxygen atoms in total. The summed E-state index contributed by atoms with van der Waals surface area (Å²) in [6.07, 6.45) is 5.86. The summed E-state index contributed by atoms with van der Waals surface area (Å²) < 4.78 is 14.3. The number of rotatable bonds is 3. The predicted octanol–water partition coefficient (Wildman–Crippen LogP) is 3.41. The molecule has 5 heteroatoms. The van der Waals surface area contributed by atoms with Crippen LogP contribution in [0.15, 0.2) is 18.2 Å². The molecule has 1 saturated carbocycles. The Morgan fingerprint density at radius 1 is 1.39 bits per heavy atom. The van der Waals surface area contributed by atoms with Gasteiger partial charge in [-0.3, -0.25) is 4.79 Å². The molecule has 2 aliphatic heterocycles. The number of hydrogen-bond donors (Lipinski definition) is 1. The fourth-order valence-corrected chi connectivity index (χ4v) is 4.39. The first-order valence-corrected chi connectivity index (χ1v) is 8.50. The Hall–Kier alpha value is -1.13. The normalized spacial score (nSPS) is 24.2. The van der Waals surface area contributed by atoms with Crippen LogP contribution in [0.4, 0.5) is 10.1 Å². The van der Waals surface area contributed by atoms with E-state index in [1.807, 2.05) is 11.0 Å². The molecule has 1 atom stereocenters. The van der Waals surface area contributed by atoms with Crippen LogP contribution in [0.2, 0.25) is 0 Å². The van der Waals surface area contributed by atoms with Crippen molar-refractivity contribution in [3.8, 4) is 0 Å². The van der Waals surface area contributed by atoms with Gasteiger partial charge in [-0.15, -0.1) is 12.4 Å². The van der Waals surface area contributed by atoms with Crippen molar-refractivity contribution in [1.29, 1.82) is 0 Å². The van der Waals surface area contributed by atoms with Gasteiger partial charge in [-0.2, -0.15) is 0 Å². The van der Waals surface area contributed by atoms with E-state index in [-0.39, 0.29) is 29.5 Å². The van der Waals surface area contributed by atoms with E-state index >= 15 is 0 Å². The SMILES string of the molecule is Cl.O=C(CCC1CCNC1)N1CC2(CCC2)c2c(F)cccc21. The van der Waals surface area contributed by atoms with Crippen LogP contribution in [0.25, 0.3) is 0 Å². The third kappa shape index (κ3) is 2.76. The zero-order valence-corrected chi connectivity index (χ0v) is 14.1. The van der Waals surface area contributed by atoms with Crippen LogP contribution < -0.4 is 10.2 Å². The van der Waals surface area contributed by atoms with Crippen molar-refractivity contribution in [3.05, 3.63) is 29.6 Å². The number of hydrogen-bond acceptors (Lipinski definition) is 2. The molecule has 1 amide bonds. The third-order valence-corrected chi connectivity index (χ3v) is 5.81. The number of amides is 1. The second-order valence-corrected chi connectivity index (χ2v) is 7.15. The highest BCUT2D eigenvalue weighted by Crippen LogP contribution is 2.53. The zero-order chi connectivity index (χ0) is 15.2. The van der Waals surface area contributed by atoms with Crippen LogP contribution in [0.5, 0.6) is 0 Å². The van der Waals surface area contributed by atoms with E-state index in [0.717, 1.165) is 50.0 Å². The summed E-state index contributed by atoms with van der Waals surface area (Å²) in [5, 5.41) is 3.35. The maximum Gasteiger partial charge on any atom is 0.227 e. The smallest absolute Gasteiger partial charge is 0.227 e. The fraction of sp³-hybridized carbons (Fsp3) is 0.611. The summed E-state index contributed by atoms with van der Waals surface area (Å²) in [5.74, 6) is 0.659. The minimum atomic E-state index is -0.132. The second kappa shape index (κ2) is 6.40. The standard InChI is InChI=1S/C18H23FN2O.ClH/c19-14-3-1-4-15-17(14)18(8-2-9-18)12-21(15)16(22)6-5-13-7-10-20-11-13;/h1,3-4,13,20H,2,5-12H2;1H. The highest BCUT2D eigenvalue weighted by atomic mass is 35.5. The van der Waals surface area contributed by atoms with Crippen molar-refractivity contribution < 1.29 is 9.18 Å². The third-order valence-electron chi connectivity index (χ3n) is 5.81. The molecular formula is C18H24ClFN2O. The molecule has 1 N–H and O–H groups in total. The Morgan fingerprint density at radius 3 is 2.87 bits per heavy atom. The summed E-state index contributed by atoms with van der Waals surface area (Å²) in [6.45, 7) is 2.78. The van der Waals surface area contributed by atoms with Crippen LogP contribution >= 0.6 is 12.4 Å². The lowest BCUT2D eigenvalue weighted by Crippen LogP contribution is -2.41. The van der Waals surface area contributed by atoms with Crippen molar-refractivity contribution in [3.63, 3.8) is 0 Å². The van der Waals surface area contributed by atoms with Gasteiger partial charge in [0.1, 0.15) is 5.82 Å². The minimum Gasteiger partial charge on any atom is -0.316 e. The van der Waals surface area contributed by atoms with Gasteiger partial charge in [0, 0.05) is 23.9 Å². The largest absolute Gasteiger partial charge is 0.316 e. The molecule has 1 saturated heterocycles. The zero-order valence-electron chi connectivity index (χ0n) is 13.3. The molecule has 0 bridgehead atoms. The van der Waals surface area contributed by atoms with Gasteiger partial charge in [0.25, 0.3) is 0 Å². The van der Waals surface area contributed by atoms with Crippen LogP contribution in [0, 0.1) is 11.7 Å². The van der Waals surface area contributed by atoms with E-state index < -0.39 is 0 Å². The van der Waals surface area contributed by atoms with Gasteiger partial charge >= 0.3 is 0 Å². The van der Waals surface area contributed by atoms with Crippen LogP contribution in [0.3, 0.4) is 0 Å². The monoisotopic (exact) mass is 338 g/mol. The molecule has 1 aromatic rings. The van der Waals surface area contributed by atoms with Crippen molar-refractivity contribution in [2.45, 2.75) is 43.9 Å². The van der Waals surface area contributed by atoms with E-state index in [0.29, 0.717) is 18.9 Å². The van der Waals surface area contributed by atoms with Gasteiger partial charge in [0.15, 0.2) is 0 Å². The van der Waals surface area contributed by atoms with Crippen LogP contribution in [0.1, 0.15) is 44.1 Å². The lowest BCUT2D eigenvalue weighted by molar-refractivity contribution is -0.119. The van der Waals surface area contributed by atoms with Crippen molar-refractivity contribution in [1.82, 2.24) is 5.32 Å². The second-order valence-electron chi connectivity index (χ2n) is 7.15. The molecule has 1 spiro atoms. The van der Waals surface area contributed by atoms with Crippen LogP contribution in [-0.4, -0.2) is 25.5 Å². The molecule has 0 radical (unpaired) electrons. The Morgan fingerprint density at radius 2 is 2.22 bits per heavy atom. The molecule has 2 fully saturated rings. The summed E-state index contributed by atoms with van der Waals surface area (Å²) >= 11 is 0. The lowest BCUT2D eigenvalue weighted by atomic mass is 9.65. The topological polar surface area (TPSA) is 32.3 Å². The number of carbonyl (C=O) groups is 1. The Kier molecular flexibility index (Phi) is 4.65. The Bertz CT molecular complexity index is 597. The van der Waals surface area contributed by atoms with Gasteiger partial charge in [0.05, 0.1) is 5.69 Å². The molecule has 126 valence electrons. The number of benzene rings is 1. The summed E-state index contributed by atoms with van der Waals surface area (Å²) in [5.41, 5.74) is 1.54. The van der Waals surface area contributed by atoms with E-state index in [1.165, 1.54) is 12.5 Å². The molecule has 23 heavy (non-hydrogen) atoms. The number of halogens is 2. The number of nitrogens with one attached hydrogen (secondary N) is 1. The molecule has 0 aromatic heterocycles. The number of fused-ring (bicyclic) bond motifs is 2. The quantitative estimate of drug-likeness (QED) is 0.916. The molecule has 3 aliphatic rings. The Labute approximate surface area is 143 Å². The average Bonchev–Trinajstić information content (AvgIpc) is 3.10. The van der Waals surface area contributed by atoms with Gasteiger partial charge < -0.3 is 10.2 Å². The van der Waals surface area contributed by atoms with E-state index in [4.69, 9.17) is 0 Å². The first kappa shape index (κ1) is 16.7. The Balaban J connectivity index is 0.00000156. The van der Waals surface area contributed by atoms with E-state index in [2.05, 4.69) is 5.32 Å². The lowest BCUT2D eigenvalue weighted by Gasteiger charge is -2.39. The minimum absolute atomic E-state index is 0. The highest BCUT2D eigenvalue weighted by molar-refractivity contribution is 5.96. The maximum absolute atomic E-state index is 14.3. The molecule has 4 rings (SSSR count). The van der Waals surface area contributed by atoms with Gasteiger partial charge in [-0.1, -0.05) is 12.5 Å². The number of nitrogens with zero attached hydrogens (tertiary/aromatic N) is 1. The molecular weight excluding hydrogens is 315 g/mol. The number of anilines is 1. The summed E-state index contributed by atoms with van der Waals surface area (Å²) in [7, 11) is 0. The summed E-state index contributed by atoms with van der Waals surface area (Å²) in [4.78, 5) is 14.5. The predicted molar refractivity (Wildman–Crippen MR) is 91.7 cm³/mol. The van der Waals surface area contributed by atoms with Crippen molar-refractivity contribution >= 4 is 24.0 Å². The van der Waals surface area contributed by atoms with Crippen LogP contribution in [-0.2, 0) is 10.2 Å². The van der Waals surface area contributed by atoms with Gasteiger partial charge in [-0.25, -0.2) is 4.39 Å². The first-order valence-electron chi connectivity index (χ1n) is 8.50. The molecule has 1 aromatic carbocycles. The van der Waals surface area contributed by atoms with Crippen molar-refractivity contribution in [2.75, 3.05) is 24.5 Å². The van der Waals surface area contributed by atoms with E-state index in [9.17, 15) is 9.18 Å². The van der Waals surface area contributed by atoms with Gasteiger partial charge in [-0.05, 0) is 56.8 Å². The number of carbonyl (C=O) groups excluding carboxylic acids is 1. The average molecular weight is 339 g/mol.